The first-order valence-electron chi connectivity index (χ1n) is 6.83. The monoisotopic (exact) mass is 305 g/mol. The topological polar surface area (TPSA) is 67.2 Å². The van der Waals surface area contributed by atoms with E-state index in [9.17, 15) is 9.90 Å². The zero-order valence-electron chi connectivity index (χ0n) is 12.2. The highest BCUT2D eigenvalue weighted by Gasteiger charge is 2.15. The summed E-state index contributed by atoms with van der Waals surface area (Å²) in [5.74, 6) is -0.0479. The van der Waals surface area contributed by atoms with Crippen molar-refractivity contribution in [3.05, 3.63) is 41.7 Å². The lowest BCUT2D eigenvalue weighted by molar-refractivity contribution is 0.0694. The highest BCUT2D eigenvalue weighted by Crippen LogP contribution is 2.28. The van der Waals surface area contributed by atoms with E-state index < -0.39 is 5.97 Å². The molecule has 0 bridgehead atoms. The second-order valence-electron chi connectivity index (χ2n) is 4.54. The van der Waals surface area contributed by atoms with Crippen LogP contribution in [0.3, 0.4) is 0 Å². The van der Waals surface area contributed by atoms with Gasteiger partial charge in [-0.15, -0.1) is 11.8 Å². The van der Waals surface area contributed by atoms with Gasteiger partial charge in [-0.3, -0.25) is 4.68 Å². The number of carboxylic acids is 1. The summed E-state index contributed by atoms with van der Waals surface area (Å²) in [6, 6.07) is 7.51. The van der Waals surface area contributed by atoms with Crippen molar-refractivity contribution < 1.29 is 9.90 Å². The van der Waals surface area contributed by atoms with E-state index in [1.54, 1.807) is 18.0 Å². The normalized spacial score (nSPS) is 10.6. The maximum atomic E-state index is 11.5. The minimum absolute atomic E-state index is 0.356. The first-order chi connectivity index (χ1) is 10.1. The van der Waals surface area contributed by atoms with Crippen LogP contribution in [0.25, 0.3) is 0 Å². The number of hydrogen-bond acceptors (Lipinski definition) is 4. The second-order valence-corrected chi connectivity index (χ2v) is 5.85. The standard InChI is InChI=1S/C15H19N3O2S/c1-3-21-13-6-4-5-12(14(13)15(19)20)16-9-7-11-8-10-17-18(11)2/h4-6,8,10,16H,3,7,9H2,1-2H3,(H,19,20). The van der Waals surface area contributed by atoms with Gasteiger partial charge < -0.3 is 10.4 Å². The summed E-state index contributed by atoms with van der Waals surface area (Å²) < 4.78 is 1.82. The molecule has 0 radical (unpaired) electrons. The average molecular weight is 305 g/mol. The lowest BCUT2D eigenvalue weighted by Crippen LogP contribution is -2.12. The molecule has 2 rings (SSSR count). The lowest BCUT2D eigenvalue weighted by atomic mass is 10.1. The van der Waals surface area contributed by atoms with E-state index in [1.807, 2.05) is 42.9 Å². The number of carboxylic acid groups (broad SMARTS) is 1. The van der Waals surface area contributed by atoms with E-state index in [4.69, 9.17) is 0 Å². The zero-order chi connectivity index (χ0) is 15.2. The van der Waals surface area contributed by atoms with Gasteiger partial charge in [0, 0.05) is 42.5 Å². The number of rotatable bonds is 7. The van der Waals surface area contributed by atoms with Crippen LogP contribution in [0.15, 0.2) is 35.4 Å². The Morgan fingerprint density at radius 3 is 2.86 bits per heavy atom. The van der Waals surface area contributed by atoms with Crippen LogP contribution in [-0.2, 0) is 13.5 Å². The number of thioether (sulfide) groups is 1. The Bertz CT molecular complexity index is 625. The highest BCUT2D eigenvalue weighted by atomic mass is 32.2. The number of aromatic nitrogens is 2. The van der Waals surface area contributed by atoms with Crippen molar-refractivity contribution in [2.75, 3.05) is 17.6 Å². The van der Waals surface area contributed by atoms with Gasteiger partial charge in [-0.05, 0) is 24.0 Å². The Kier molecular flexibility index (Phi) is 5.27. The van der Waals surface area contributed by atoms with Gasteiger partial charge in [-0.25, -0.2) is 4.79 Å². The fourth-order valence-corrected chi connectivity index (χ4v) is 2.97. The van der Waals surface area contributed by atoms with Crippen molar-refractivity contribution in [1.29, 1.82) is 0 Å². The molecule has 0 unspecified atom stereocenters. The van der Waals surface area contributed by atoms with Gasteiger partial charge in [0.25, 0.3) is 0 Å². The van der Waals surface area contributed by atoms with Crippen molar-refractivity contribution >= 4 is 23.4 Å². The Hall–Kier alpha value is -1.95. The Balaban J connectivity index is 2.10. The quantitative estimate of drug-likeness (QED) is 0.770. The lowest BCUT2D eigenvalue weighted by Gasteiger charge is -2.13. The van der Waals surface area contributed by atoms with Gasteiger partial charge in [0.05, 0.1) is 5.56 Å². The van der Waals surface area contributed by atoms with Gasteiger partial charge in [0.2, 0.25) is 0 Å². The summed E-state index contributed by atoms with van der Waals surface area (Å²) in [6.07, 6.45) is 2.55. The molecule has 21 heavy (non-hydrogen) atoms. The molecule has 112 valence electrons. The summed E-state index contributed by atoms with van der Waals surface area (Å²) in [4.78, 5) is 12.3. The van der Waals surface area contributed by atoms with Crippen molar-refractivity contribution in [2.45, 2.75) is 18.2 Å². The number of nitrogens with one attached hydrogen (secondary N) is 1. The zero-order valence-corrected chi connectivity index (χ0v) is 13.0. The highest BCUT2D eigenvalue weighted by molar-refractivity contribution is 7.99. The van der Waals surface area contributed by atoms with Gasteiger partial charge in [-0.2, -0.15) is 5.10 Å². The molecule has 0 aliphatic heterocycles. The molecule has 6 heteroatoms. The molecule has 0 aliphatic rings. The van der Waals surface area contributed by atoms with E-state index in [0.29, 0.717) is 17.8 Å². The number of nitrogens with zero attached hydrogens (tertiary/aromatic N) is 2. The van der Waals surface area contributed by atoms with Crippen molar-refractivity contribution in [1.82, 2.24) is 9.78 Å². The molecular weight excluding hydrogens is 286 g/mol. The number of carbonyl (C=O) groups is 1. The minimum atomic E-state index is -0.894. The van der Waals surface area contributed by atoms with E-state index in [1.165, 1.54) is 0 Å². The Morgan fingerprint density at radius 2 is 2.24 bits per heavy atom. The van der Waals surface area contributed by atoms with Crippen molar-refractivity contribution in [3.8, 4) is 0 Å². The fraction of sp³-hybridized carbons (Fsp3) is 0.333. The van der Waals surface area contributed by atoms with Crippen LogP contribution in [0.4, 0.5) is 5.69 Å². The molecule has 2 aromatic rings. The summed E-state index contributed by atoms with van der Waals surface area (Å²) in [7, 11) is 1.90. The number of benzene rings is 1. The van der Waals surface area contributed by atoms with Crippen LogP contribution in [0.2, 0.25) is 0 Å². The molecule has 0 saturated carbocycles. The Morgan fingerprint density at radius 1 is 1.43 bits per heavy atom. The second kappa shape index (κ2) is 7.17. The van der Waals surface area contributed by atoms with E-state index >= 15 is 0 Å². The third-order valence-electron chi connectivity index (χ3n) is 3.16. The van der Waals surface area contributed by atoms with E-state index in [0.717, 1.165) is 22.8 Å². The number of anilines is 1. The molecule has 0 spiro atoms. The molecule has 2 N–H and O–H groups in total. The third kappa shape index (κ3) is 3.78. The molecular formula is C15H19N3O2S. The predicted molar refractivity (Wildman–Crippen MR) is 85.2 cm³/mol. The van der Waals surface area contributed by atoms with Crippen molar-refractivity contribution in [3.63, 3.8) is 0 Å². The number of hydrogen-bond donors (Lipinski definition) is 2. The van der Waals surface area contributed by atoms with Gasteiger partial charge in [0.15, 0.2) is 0 Å². The first-order valence-corrected chi connectivity index (χ1v) is 7.82. The first kappa shape index (κ1) is 15.4. The third-order valence-corrected chi connectivity index (χ3v) is 4.10. The number of aromatic carboxylic acids is 1. The minimum Gasteiger partial charge on any atom is -0.478 e. The smallest absolute Gasteiger partial charge is 0.338 e. The van der Waals surface area contributed by atoms with E-state index in [2.05, 4.69) is 10.4 Å². The average Bonchev–Trinajstić information content (AvgIpc) is 2.85. The van der Waals surface area contributed by atoms with Gasteiger partial charge in [0.1, 0.15) is 0 Å². The summed E-state index contributed by atoms with van der Waals surface area (Å²) >= 11 is 1.54. The molecule has 0 aliphatic carbocycles. The van der Waals surface area contributed by atoms with Gasteiger partial charge in [-0.1, -0.05) is 13.0 Å². The maximum Gasteiger partial charge on any atom is 0.338 e. The SMILES string of the molecule is CCSc1cccc(NCCc2ccnn2C)c1C(=O)O. The molecule has 1 aromatic carbocycles. The molecule has 0 fully saturated rings. The molecule has 0 saturated heterocycles. The maximum absolute atomic E-state index is 11.5. The summed E-state index contributed by atoms with van der Waals surface area (Å²) in [5, 5.41) is 16.8. The van der Waals surface area contributed by atoms with E-state index in [-0.39, 0.29) is 0 Å². The Labute approximate surface area is 128 Å². The van der Waals surface area contributed by atoms with Crippen LogP contribution in [0.5, 0.6) is 0 Å². The summed E-state index contributed by atoms with van der Waals surface area (Å²) in [6.45, 7) is 2.68. The predicted octanol–water partition coefficient (Wildman–Crippen LogP) is 2.88. The molecule has 1 heterocycles. The van der Waals surface area contributed by atoms with Crippen LogP contribution in [0.1, 0.15) is 23.0 Å². The molecule has 1 aromatic heterocycles. The molecule has 0 atom stereocenters. The van der Waals surface area contributed by atoms with Crippen molar-refractivity contribution in [2.24, 2.45) is 7.05 Å². The fourth-order valence-electron chi connectivity index (χ4n) is 2.15. The van der Waals surface area contributed by atoms with Crippen LogP contribution in [0, 0.1) is 0 Å². The number of aryl methyl sites for hydroxylation is 1. The van der Waals surface area contributed by atoms with Crippen LogP contribution < -0.4 is 5.32 Å². The van der Waals surface area contributed by atoms with Crippen LogP contribution in [-0.4, -0.2) is 33.2 Å². The van der Waals surface area contributed by atoms with Gasteiger partial charge >= 0.3 is 5.97 Å². The largest absolute Gasteiger partial charge is 0.478 e. The molecule has 5 nitrogen and oxygen atoms in total. The molecule has 0 amide bonds. The van der Waals surface area contributed by atoms with Crippen LogP contribution >= 0.6 is 11.8 Å². The summed E-state index contributed by atoms with van der Waals surface area (Å²) in [5.41, 5.74) is 2.14.